The molecule has 3 nitrogen and oxygen atoms in total. The van der Waals surface area contributed by atoms with Crippen LogP contribution in [-0.4, -0.2) is 31.2 Å². The van der Waals surface area contributed by atoms with E-state index in [0.717, 1.165) is 6.54 Å². The van der Waals surface area contributed by atoms with Gasteiger partial charge in [0.25, 0.3) is 0 Å². The Bertz CT molecular complexity index is 293. The Morgan fingerprint density at radius 1 is 1.50 bits per heavy atom. The van der Waals surface area contributed by atoms with Crippen molar-refractivity contribution in [3.63, 3.8) is 0 Å². The number of hydrogen-bond donors (Lipinski definition) is 1. The molecule has 1 aliphatic rings. The molecule has 2 rings (SSSR count). The van der Waals surface area contributed by atoms with Crippen molar-refractivity contribution < 1.29 is 0 Å². The Balaban J connectivity index is 1.77. The molecule has 0 spiro atoms. The molecule has 0 aliphatic carbocycles. The number of nitrogens with one attached hydrogen (secondary N) is 1. The molecule has 3 heteroatoms. The SMILES string of the molecule is CN(CCC1CCCCN1)c1cccnc1. The Hall–Kier alpha value is -1.09. The largest absolute Gasteiger partial charge is 0.373 e. The molecule has 1 aliphatic heterocycles. The third kappa shape index (κ3) is 3.20. The smallest absolute Gasteiger partial charge is 0.0550 e. The molecule has 88 valence electrons. The minimum atomic E-state index is 0.716. The first-order valence-electron chi connectivity index (χ1n) is 6.21. The maximum atomic E-state index is 4.14. The average molecular weight is 219 g/mol. The predicted octanol–water partition coefficient (Wildman–Crippen LogP) is 2.05. The second-order valence-corrected chi connectivity index (χ2v) is 4.57. The van der Waals surface area contributed by atoms with Crippen LogP contribution in [0.15, 0.2) is 24.5 Å². The van der Waals surface area contributed by atoms with Gasteiger partial charge in [0.1, 0.15) is 0 Å². The number of pyridine rings is 1. The zero-order chi connectivity index (χ0) is 11.2. The summed E-state index contributed by atoms with van der Waals surface area (Å²) in [6.45, 7) is 2.30. The molecule has 1 N–H and O–H groups in total. The van der Waals surface area contributed by atoms with Gasteiger partial charge in [-0.15, -0.1) is 0 Å². The van der Waals surface area contributed by atoms with E-state index in [-0.39, 0.29) is 0 Å². The quantitative estimate of drug-likeness (QED) is 0.840. The molecule has 0 amide bonds. The van der Waals surface area contributed by atoms with Crippen LogP contribution in [0.25, 0.3) is 0 Å². The summed E-state index contributed by atoms with van der Waals surface area (Å²) in [5.41, 5.74) is 1.21. The minimum Gasteiger partial charge on any atom is -0.373 e. The predicted molar refractivity (Wildman–Crippen MR) is 67.8 cm³/mol. The van der Waals surface area contributed by atoms with Crippen molar-refractivity contribution in [3.05, 3.63) is 24.5 Å². The molecule has 1 aromatic heterocycles. The summed E-state index contributed by atoms with van der Waals surface area (Å²) in [6, 6.07) is 4.82. The van der Waals surface area contributed by atoms with E-state index in [1.165, 1.54) is 37.9 Å². The van der Waals surface area contributed by atoms with Crippen LogP contribution in [0, 0.1) is 0 Å². The second kappa shape index (κ2) is 5.85. The molecule has 1 fully saturated rings. The van der Waals surface area contributed by atoms with Gasteiger partial charge >= 0.3 is 0 Å². The highest BCUT2D eigenvalue weighted by molar-refractivity contribution is 5.42. The Labute approximate surface area is 97.9 Å². The van der Waals surface area contributed by atoms with Crippen molar-refractivity contribution in [1.29, 1.82) is 0 Å². The standard InChI is InChI=1S/C13H21N3/c1-16(13-6-4-8-14-11-13)10-7-12-5-2-3-9-15-12/h4,6,8,11-12,15H,2-3,5,7,9-10H2,1H3. The number of hydrogen-bond acceptors (Lipinski definition) is 3. The lowest BCUT2D eigenvalue weighted by atomic mass is 10.0. The van der Waals surface area contributed by atoms with Crippen molar-refractivity contribution >= 4 is 5.69 Å². The summed E-state index contributed by atoms with van der Waals surface area (Å²) in [7, 11) is 2.14. The highest BCUT2D eigenvalue weighted by Gasteiger charge is 2.12. The summed E-state index contributed by atoms with van der Waals surface area (Å²) in [6.07, 6.45) is 9.03. The van der Waals surface area contributed by atoms with Gasteiger partial charge in [0.05, 0.1) is 11.9 Å². The summed E-state index contributed by atoms with van der Waals surface area (Å²) in [5.74, 6) is 0. The Morgan fingerprint density at radius 2 is 2.44 bits per heavy atom. The van der Waals surface area contributed by atoms with E-state index in [4.69, 9.17) is 0 Å². The van der Waals surface area contributed by atoms with E-state index in [1.807, 2.05) is 18.5 Å². The Kier molecular flexibility index (Phi) is 4.17. The van der Waals surface area contributed by atoms with Crippen molar-refractivity contribution in [2.45, 2.75) is 31.7 Å². The van der Waals surface area contributed by atoms with Gasteiger partial charge in [-0.05, 0) is 37.9 Å². The van der Waals surface area contributed by atoms with Crippen LogP contribution in [0.4, 0.5) is 5.69 Å². The van der Waals surface area contributed by atoms with Crippen LogP contribution in [0.5, 0.6) is 0 Å². The molecule has 0 aromatic carbocycles. The summed E-state index contributed by atoms with van der Waals surface area (Å²) in [5, 5.41) is 3.58. The lowest BCUT2D eigenvalue weighted by molar-refractivity contribution is 0.384. The van der Waals surface area contributed by atoms with E-state index in [2.05, 4.69) is 28.3 Å². The van der Waals surface area contributed by atoms with Gasteiger partial charge in [-0.25, -0.2) is 0 Å². The summed E-state index contributed by atoms with van der Waals surface area (Å²) >= 11 is 0. The fraction of sp³-hybridized carbons (Fsp3) is 0.615. The average Bonchev–Trinajstić information content (AvgIpc) is 2.38. The van der Waals surface area contributed by atoms with Crippen LogP contribution < -0.4 is 10.2 Å². The van der Waals surface area contributed by atoms with E-state index < -0.39 is 0 Å². The maximum Gasteiger partial charge on any atom is 0.0550 e. The molecular weight excluding hydrogens is 198 g/mol. The van der Waals surface area contributed by atoms with Crippen molar-refractivity contribution in [1.82, 2.24) is 10.3 Å². The topological polar surface area (TPSA) is 28.2 Å². The number of anilines is 1. The van der Waals surface area contributed by atoms with Gasteiger partial charge in [-0.3, -0.25) is 4.98 Å². The van der Waals surface area contributed by atoms with Crippen LogP contribution in [-0.2, 0) is 0 Å². The van der Waals surface area contributed by atoms with Crippen LogP contribution in [0.3, 0.4) is 0 Å². The normalized spacial score (nSPS) is 20.7. The van der Waals surface area contributed by atoms with Crippen molar-refractivity contribution in [2.75, 3.05) is 25.0 Å². The molecule has 2 heterocycles. The number of piperidine rings is 1. The zero-order valence-electron chi connectivity index (χ0n) is 10.0. The van der Waals surface area contributed by atoms with Gasteiger partial charge in [-0.1, -0.05) is 6.42 Å². The van der Waals surface area contributed by atoms with Gasteiger partial charge < -0.3 is 10.2 Å². The lowest BCUT2D eigenvalue weighted by Crippen LogP contribution is -2.36. The van der Waals surface area contributed by atoms with Crippen molar-refractivity contribution in [2.24, 2.45) is 0 Å². The molecule has 0 bridgehead atoms. The van der Waals surface area contributed by atoms with E-state index in [1.54, 1.807) is 0 Å². The zero-order valence-corrected chi connectivity index (χ0v) is 10.0. The van der Waals surface area contributed by atoms with E-state index >= 15 is 0 Å². The first kappa shape index (κ1) is 11.4. The lowest BCUT2D eigenvalue weighted by Gasteiger charge is -2.26. The molecular formula is C13H21N3. The third-order valence-electron chi connectivity index (χ3n) is 3.31. The molecule has 1 unspecified atom stereocenters. The maximum absolute atomic E-state index is 4.14. The molecule has 1 atom stereocenters. The molecule has 0 saturated carbocycles. The fourth-order valence-corrected chi connectivity index (χ4v) is 2.23. The number of rotatable bonds is 4. The summed E-state index contributed by atoms with van der Waals surface area (Å²) < 4.78 is 0. The highest BCUT2D eigenvalue weighted by atomic mass is 15.1. The second-order valence-electron chi connectivity index (χ2n) is 4.57. The van der Waals surface area contributed by atoms with Crippen LogP contribution in [0.1, 0.15) is 25.7 Å². The molecule has 0 radical (unpaired) electrons. The first-order chi connectivity index (χ1) is 7.86. The van der Waals surface area contributed by atoms with E-state index in [0.29, 0.717) is 6.04 Å². The van der Waals surface area contributed by atoms with Gasteiger partial charge in [0, 0.05) is 25.8 Å². The van der Waals surface area contributed by atoms with Crippen LogP contribution >= 0.6 is 0 Å². The van der Waals surface area contributed by atoms with Gasteiger partial charge in [0.2, 0.25) is 0 Å². The molecule has 1 aromatic rings. The highest BCUT2D eigenvalue weighted by Crippen LogP contribution is 2.13. The first-order valence-corrected chi connectivity index (χ1v) is 6.21. The van der Waals surface area contributed by atoms with Crippen molar-refractivity contribution in [3.8, 4) is 0 Å². The third-order valence-corrected chi connectivity index (χ3v) is 3.31. The number of aromatic nitrogens is 1. The number of nitrogens with zero attached hydrogens (tertiary/aromatic N) is 2. The fourth-order valence-electron chi connectivity index (χ4n) is 2.23. The monoisotopic (exact) mass is 219 g/mol. The molecule has 1 saturated heterocycles. The minimum absolute atomic E-state index is 0.716. The van der Waals surface area contributed by atoms with Crippen LogP contribution in [0.2, 0.25) is 0 Å². The van der Waals surface area contributed by atoms with E-state index in [9.17, 15) is 0 Å². The van der Waals surface area contributed by atoms with Gasteiger partial charge in [-0.2, -0.15) is 0 Å². The Morgan fingerprint density at radius 3 is 3.12 bits per heavy atom. The van der Waals surface area contributed by atoms with Gasteiger partial charge in [0.15, 0.2) is 0 Å². The molecule has 16 heavy (non-hydrogen) atoms. The summed E-state index contributed by atoms with van der Waals surface area (Å²) in [4.78, 5) is 6.42.